The predicted molar refractivity (Wildman–Crippen MR) is 125 cm³/mol. The van der Waals surface area contributed by atoms with Gasteiger partial charge in [0.15, 0.2) is 0 Å². The Kier molecular flexibility index (Phi) is 5.49. The Morgan fingerprint density at radius 2 is 1.94 bits per heavy atom. The van der Waals surface area contributed by atoms with E-state index in [4.69, 9.17) is 0 Å². The number of aromatic nitrogens is 4. The molecular weight excluding hydrogens is 465 g/mol. The average molecular weight is 492 g/mol. The summed E-state index contributed by atoms with van der Waals surface area (Å²) in [4.78, 5) is 26.9. The minimum absolute atomic E-state index is 0.00185. The Bertz CT molecular complexity index is 1400. The molecule has 1 atom stereocenters. The van der Waals surface area contributed by atoms with Crippen molar-refractivity contribution in [1.29, 1.82) is 0 Å². The molecule has 0 amide bonds. The second kappa shape index (κ2) is 8.14. The summed E-state index contributed by atoms with van der Waals surface area (Å²) in [6.45, 7) is -0.616. The fourth-order valence-corrected chi connectivity index (χ4v) is 5.37. The van der Waals surface area contributed by atoms with Crippen LogP contribution in [0.4, 0.5) is 10.1 Å². The molecule has 3 aromatic rings. The Labute approximate surface area is 196 Å². The van der Waals surface area contributed by atoms with Crippen LogP contribution >= 0.6 is 0 Å². The van der Waals surface area contributed by atoms with Crippen LogP contribution in [0.2, 0.25) is 0 Å². The molecule has 182 valence electrons. The summed E-state index contributed by atoms with van der Waals surface area (Å²) >= 11 is -2.49. The number of nitrogens with zero attached hydrogens (tertiary/aromatic N) is 5. The first kappa shape index (κ1) is 22.9. The van der Waals surface area contributed by atoms with E-state index in [1.807, 2.05) is 0 Å². The fourth-order valence-electron chi connectivity index (χ4n) is 4.51. The zero-order valence-corrected chi connectivity index (χ0v) is 19.5. The van der Waals surface area contributed by atoms with Crippen molar-refractivity contribution in [2.45, 2.75) is 44.3 Å². The molecule has 12 heteroatoms. The molecular formula is C22H26FN5O5S. The summed E-state index contributed by atoms with van der Waals surface area (Å²) in [5, 5.41) is 14.1. The third-order valence-electron chi connectivity index (χ3n) is 6.99. The summed E-state index contributed by atoms with van der Waals surface area (Å²) < 4.78 is 41.1. The van der Waals surface area contributed by atoms with Crippen LogP contribution in [0.15, 0.2) is 40.2 Å². The van der Waals surface area contributed by atoms with Gasteiger partial charge in [-0.25, -0.2) is 13.4 Å². The van der Waals surface area contributed by atoms with Crippen molar-refractivity contribution < 1.29 is 18.3 Å². The maximum atomic E-state index is 13.7. The third-order valence-corrected chi connectivity index (χ3v) is 7.90. The molecule has 0 radical (unpaired) electrons. The normalized spacial score (nSPS) is 18.7. The van der Waals surface area contributed by atoms with Gasteiger partial charge in [-0.05, 0) is 43.9 Å². The maximum Gasteiger partial charge on any atom is 0.331 e. The average Bonchev–Trinajstić information content (AvgIpc) is 3.73. The molecule has 2 aromatic heterocycles. The second-order valence-electron chi connectivity index (χ2n) is 9.52. The highest BCUT2D eigenvalue weighted by Crippen LogP contribution is 2.47. The lowest BCUT2D eigenvalue weighted by Crippen LogP contribution is -2.42. The maximum absolute atomic E-state index is 13.7. The molecule has 2 aliphatic carbocycles. The van der Waals surface area contributed by atoms with Crippen molar-refractivity contribution in [2.24, 2.45) is 12.5 Å². The SMILES string of the molecule is Cn1cc(Cn2c(=O)c3cc(N(S(=O)O)C4(CF)CC4)ccc3n(CC3(CO)CC3)c2=O)cn1. The van der Waals surface area contributed by atoms with Crippen LogP contribution in [0.3, 0.4) is 0 Å². The molecule has 2 saturated carbocycles. The molecule has 2 aliphatic rings. The highest BCUT2D eigenvalue weighted by molar-refractivity contribution is 7.80. The van der Waals surface area contributed by atoms with Crippen LogP contribution in [0.1, 0.15) is 31.2 Å². The van der Waals surface area contributed by atoms with Crippen LogP contribution in [0.25, 0.3) is 10.9 Å². The molecule has 0 bridgehead atoms. The Morgan fingerprint density at radius 1 is 1.21 bits per heavy atom. The molecule has 2 heterocycles. The largest absolute Gasteiger partial charge is 0.396 e. The lowest BCUT2D eigenvalue weighted by molar-refractivity contribution is 0.194. The van der Waals surface area contributed by atoms with Gasteiger partial charge in [-0.3, -0.25) is 27.5 Å². The van der Waals surface area contributed by atoms with Gasteiger partial charge in [0.05, 0.1) is 41.5 Å². The van der Waals surface area contributed by atoms with E-state index in [0.717, 1.165) is 21.7 Å². The van der Waals surface area contributed by atoms with Gasteiger partial charge in [-0.2, -0.15) is 5.10 Å². The minimum Gasteiger partial charge on any atom is -0.396 e. The molecule has 34 heavy (non-hydrogen) atoms. The number of anilines is 1. The molecule has 0 aliphatic heterocycles. The number of aliphatic hydroxyl groups excluding tert-OH is 1. The number of alkyl halides is 1. The third kappa shape index (κ3) is 3.79. The zero-order chi connectivity index (χ0) is 24.3. The smallest absolute Gasteiger partial charge is 0.331 e. The lowest BCUT2D eigenvalue weighted by atomic mass is 10.1. The van der Waals surface area contributed by atoms with E-state index in [2.05, 4.69) is 5.10 Å². The van der Waals surface area contributed by atoms with E-state index < -0.39 is 40.1 Å². The van der Waals surface area contributed by atoms with Gasteiger partial charge < -0.3 is 5.11 Å². The zero-order valence-electron chi connectivity index (χ0n) is 18.7. The lowest BCUT2D eigenvalue weighted by Gasteiger charge is -2.28. The van der Waals surface area contributed by atoms with Crippen molar-refractivity contribution in [3.63, 3.8) is 0 Å². The number of benzene rings is 1. The van der Waals surface area contributed by atoms with E-state index in [1.54, 1.807) is 30.2 Å². The van der Waals surface area contributed by atoms with Gasteiger partial charge in [0.25, 0.3) is 16.8 Å². The van der Waals surface area contributed by atoms with E-state index in [9.17, 15) is 27.8 Å². The van der Waals surface area contributed by atoms with E-state index in [-0.39, 0.29) is 30.8 Å². The minimum atomic E-state index is -2.49. The van der Waals surface area contributed by atoms with Gasteiger partial charge in [0.1, 0.15) is 6.67 Å². The highest BCUT2D eigenvalue weighted by Gasteiger charge is 2.51. The van der Waals surface area contributed by atoms with Gasteiger partial charge in [0, 0.05) is 30.8 Å². The number of rotatable bonds is 9. The Balaban J connectivity index is 1.70. The molecule has 2 fully saturated rings. The molecule has 5 rings (SSSR count). The van der Waals surface area contributed by atoms with Gasteiger partial charge in [-0.15, -0.1) is 0 Å². The number of aryl methyl sites for hydroxylation is 1. The van der Waals surface area contributed by atoms with Crippen molar-refractivity contribution in [3.8, 4) is 0 Å². The van der Waals surface area contributed by atoms with Crippen LogP contribution in [-0.2, 0) is 31.4 Å². The van der Waals surface area contributed by atoms with E-state index >= 15 is 0 Å². The van der Waals surface area contributed by atoms with Crippen molar-refractivity contribution in [3.05, 3.63) is 57.0 Å². The standard InChI is InChI=1S/C22H26FN5O5S/c1-25-10-15(9-24-25)11-26-19(30)17-8-16(28(34(32)33)22(12-23)6-7-22)2-3-18(17)27(20(26)31)13-21(14-29)4-5-21/h2-3,8-10,29H,4-7,11-14H2,1H3,(H,32,33). The summed E-state index contributed by atoms with van der Waals surface area (Å²) in [7, 11) is 1.73. The topological polar surface area (TPSA) is 123 Å². The van der Waals surface area contributed by atoms with Crippen LogP contribution in [-0.4, -0.2) is 51.6 Å². The van der Waals surface area contributed by atoms with Crippen molar-refractivity contribution in [2.75, 3.05) is 17.6 Å². The molecule has 2 N–H and O–H groups in total. The summed E-state index contributed by atoms with van der Waals surface area (Å²) in [5.41, 5.74) is -1.25. The van der Waals surface area contributed by atoms with Crippen LogP contribution in [0, 0.1) is 5.41 Å². The summed E-state index contributed by atoms with van der Waals surface area (Å²) in [6.07, 6.45) is 5.68. The number of hydrogen-bond donors (Lipinski definition) is 2. The van der Waals surface area contributed by atoms with Crippen molar-refractivity contribution in [1.82, 2.24) is 18.9 Å². The fraction of sp³-hybridized carbons (Fsp3) is 0.500. The first-order valence-electron chi connectivity index (χ1n) is 11.1. The Morgan fingerprint density at radius 3 is 2.47 bits per heavy atom. The first-order valence-corrected chi connectivity index (χ1v) is 12.1. The van der Waals surface area contributed by atoms with Gasteiger partial charge >= 0.3 is 5.69 Å². The monoisotopic (exact) mass is 491 g/mol. The Hall–Kier alpha value is -2.83. The highest BCUT2D eigenvalue weighted by atomic mass is 32.2. The number of halogens is 1. The molecule has 10 nitrogen and oxygen atoms in total. The molecule has 0 saturated heterocycles. The van der Waals surface area contributed by atoms with Crippen molar-refractivity contribution >= 4 is 27.9 Å². The van der Waals surface area contributed by atoms with Gasteiger partial charge in [-0.1, -0.05) is 0 Å². The summed E-state index contributed by atoms with van der Waals surface area (Å²) in [6, 6.07) is 4.55. The predicted octanol–water partition coefficient (Wildman–Crippen LogP) is 1.16. The molecule has 1 aromatic carbocycles. The van der Waals surface area contributed by atoms with Crippen LogP contribution < -0.4 is 15.6 Å². The summed E-state index contributed by atoms with van der Waals surface area (Å²) in [5.74, 6) is 0. The quantitative estimate of drug-likeness (QED) is 0.433. The van der Waals surface area contributed by atoms with Crippen LogP contribution in [0.5, 0.6) is 0 Å². The number of fused-ring (bicyclic) bond motifs is 1. The number of aliphatic hydroxyl groups is 1. The van der Waals surface area contributed by atoms with E-state index in [0.29, 0.717) is 23.9 Å². The molecule has 0 spiro atoms. The first-order chi connectivity index (χ1) is 16.2. The van der Waals surface area contributed by atoms with Gasteiger partial charge in [0.2, 0.25) is 0 Å². The number of hydrogen-bond acceptors (Lipinski definition) is 5. The second-order valence-corrected chi connectivity index (χ2v) is 10.4. The van der Waals surface area contributed by atoms with E-state index in [1.165, 1.54) is 16.7 Å². The molecule has 1 unspecified atom stereocenters.